The van der Waals surface area contributed by atoms with Gasteiger partial charge >= 0.3 is 0 Å². The first-order chi connectivity index (χ1) is 18.6. The van der Waals surface area contributed by atoms with Gasteiger partial charge in [-0.3, -0.25) is 0 Å². The number of hydrogen-bond acceptors (Lipinski definition) is 6. The van der Waals surface area contributed by atoms with Crippen LogP contribution in [0.3, 0.4) is 0 Å². The summed E-state index contributed by atoms with van der Waals surface area (Å²) in [7, 11) is 4.04. The Morgan fingerprint density at radius 1 is 0.949 bits per heavy atom. The lowest BCUT2D eigenvalue weighted by molar-refractivity contribution is -0.671. The highest BCUT2D eigenvalue weighted by molar-refractivity contribution is 7.16. The van der Waals surface area contributed by atoms with E-state index in [1.54, 1.807) is 17.6 Å². The Hall–Kier alpha value is -3.89. The molecule has 2 aromatic heterocycles. The summed E-state index contributed by atoms with van der Waals surface area (Å²) in [6.07, 6.45) is 8.00. The Bertz CT molecular complexity index is 1630. The van der Waals surface area contributed by atoms with Crippen molar-refractivity contribution in [1.82, 2.24) is 9.13 Å². The van der Waals surface area contributed by atoms with Crippen molar-refractivity contribution in [2.75, 3.05) is 18.0 Å². The predicted molar refractivity (Wildman–Crippen MR) is 155 cm³/mol. The van der Waals surface area contributed by atoms with E-state index < -0.39 is 0 Å². The van der Waals surface area contributed by atoms with Crippen LogP contribution >= 0.6 is 11.3 Å². The Morgan fingerprint density at radius 2 is 1.64 bits per heavy atom. The SMILES string of the molecule is CCN(CCn1cc[n+](C)c1)c1ccc(N=Nc2ccc(/C=N/N=c3\sc4ccccc4n3C)cc2)cc1.[Br-]. The normalized spacial score (nSPS) is 12.0. The van der Waals surface area contributed by atoms with Crippen LogP contribution in [0.4, 0.5) is 17.1 Å². The first-order valence-corrected chi connectivity index (χ1v) is 13.4. The summed E-state index contributed by atoms with van der Waals surface area (Å²) < 4.78 is 7.50. The standard InChI is InChI=1S/C29H31N8S.BrH/c1-4-37(20-19-36-18-17-34(2)22-36)26-15-13-25(14-16-26)32-31-24-11-9-23(10-12-24)21-30-33-29-35(3)27-7-5-6-8-28(27)38-29;/h5-18,21-22H,4,19-20H2,1-3H3;1H/q+1;/p-1/b30-21+,32-31?,33-29-;. The summed E-state index contributed by atoms with van der Waals surface area (Å²) in [5.41, 5.74) is 4.90. The van der Waals surface area contributed by atoms with Gasteiger partial charge in [0.15, 0.2) is 0 Å². The van der Waals surface area contributed by atoms with Gasteiger partial charge in [-0.25, -0.2) is 9.13 Å². The highest BCUT2D eigenvalue weighted by Crippen LogP contribution is 2.22. The molecular formula is C29H31BrN8S. The molecule has 39 heavy (non-hydrogen) atoms. The number of azo groups is 1. The number of aryl methyl sites for hydroxylation is 2. The number of nitrogens with zero attached hydrogens (tertiary/aromatic N) is 8. The zero-order valence-electron chi connectivity index (χ0n) is 22.2. The summed E-state index contributed by atoms with van der Waals surface area (Å²) in [6, 6.07) is 24.3. The van der Waals surface area contributed by atoms with Crippen LogP contribution in [-0.2, 0) is 20.6 Å². The van der Waals surface area contributed by atoms with Crippen molar-refractivity contribution in [3.63, 3.8) is 0 Å². The molecule has 10 heteroatoms. The van der Waals surface area contributed by atoms with Crippen LogP contribution in [0.5, 0.6) is 0 Å². The summed E-state index contributed by atoms with van der Waals surface area (Å²) in [5, 5.41) is 17.5. The molecule has 5 rings (SSSR count). The Kier molecular flexibility index (Phi) is 9.56. The van der Waals surface area contributed by atoms with Crippen LogP contribution in [0.15, 0.2) is 112 Å². The van der Waals surface area contributed by atoms with Crippen molar-refractivity contribution in [1.29, 1.82) is 0 Å². The molecule has 0 fully saturated rings. The highest BCUT2D eigenvalue weighted by atomic mass is 79.9. The summed E-state index contributed by atoms with van der Waals surface area (Å²) in [5.74, 6) is 0. The Balaban J connectivity index is 0.00000353. The maximum atomic E-state index is 4.41. The average molecular weight is 604 g/mol. The van der Waals surface area contributed by atoms with Gasteiger partial charge in [-0.15, -0.1) is 5.10 Å². The van der Waals surface area contributed by atoms with Crippen molar-refractivity contribution < 1.29 is 21.5 Å². The number of hydrogen-bond donors (Lipinski definition) is 0. The van der Waals surface area contributed by atoms with Crippen LogP contribution in [0.25, 0.3) is 10.2 Å². The number of halogens is 1. The lowest BCUT2D eigenvalue weighted by Gasteiger charge is -2.22. The molecule has 8 nitrogen and oxygen atoms in total. The van der Waals surface area contributed by atoms with Gasteiger partial charge in [-0.2, -0.15) is 15.3 Å². The van der Waals surface area contributed by atoms with Gasteiger partial charge in [0, 0.05) is 19.3 Å². The molecule has 0 aliphatic heterocycles. The second-order valence-electron chi connectivity index (χ2n) is 8.96. The van der Waals surface area contributed by atoms with Crippen molar-refractivity contribution in [3.05, 3.63) is 102 Å². The van der Waals surface area contributed by atoms with Gasteiger partial charge in [0.25, 0.3) is 0 Å². The second kappa shape index (κ2) is 13.3. The van der Waals surface area contributed by atoms with E-state index in [4.69, 9.17) is 0 Å². The molecule has 2 heterocycles. The quantitative estimate of drug-likeness (QED) is 0.111. The summed E-state index contributed by atoms with van der Waals surface area (Å²) in [4.78, 5) is 3.21. The maximum absolute atomic E-state index is 4.41. The number of fused-ring (bicyclic) bond motifs is 1. The molecule has 0 aliphatic rings. The van der Waals surface area contributed by atoms with E-state index in [1.165, 1.54) is 10.4 Å². The largest absolute Gasteiger partial charge is 1.00 e. The minimum Gasteiger partial charge on any atom is -1.00 e. The molecule has 3 aromatic carbocycles. The molecule has 0 aliphatic carbocycles. The zero-order chi connectivity index (χ0) is 26.3. The van der Waals surface area contributed by atoms with E-state index in [9.17, 15) is 0 Å². The second-order valence-corrected chi connectivity index (χ2v) is 9.97. The lowest BCUT2D eigenvalue weighted by atomic mass is 10.2. The average Bonchev–Trinajstić information content (AvgIpc) is 3.51. The van der Waals surface area contributed by atoms with Crippen LogP contribution in [0.2, 0.25) is 0 Å². The van der Waals surface area contributed by atoms with Crippen LogP contribution in [0.1, 0.15) is 12.5 Å². The maximum Gasteiger partial charge on any atom is 0.243 e. The Morgan fingerprint density at radius 3 is 2.28 bits per heavy atom. The molecule has 0 unspecified atom stereocenters. The van der Waals surface area contributed by atoms with Gasteiger partial charge in [0.2, 0.25) is 11.1 Å². The fraction of sp³-hybridized carbons (Fsp3) is 0.207. The monoisotopic (exact) mass is 602 g/mol. The molecule has 0 radical (unpaired) electrons. The third-order valence-corrected chi connectivity index (χ3v) is 7.39. The number of imidazole rings is 1. The van der Waals surface area contributed by atoms with Gasteiger partial charge in [-0.1, -0.05) is 35.6 Å². The Labute approximate surface area is 242 Å². The third kappa shape index (κ3) is 7.15. The third-order valence-electron chi connectivity index (χ3n) is 6.29. The summed E-state index contributed by atoms with van der Waals surface area (Å²) >= 11 is 1.62. The zero-order valence-corrected chi connectivity index (χ0v) is 24.6. The van der Waals surface area contributed by atoms with E-state index in [0.29, 0.717) is 0 Å². The first kappa shape index (κ1) is 28.1. The number of benzene rings is 3. The number of rotatable bonds is 9. The molecule has 0 saturated carbocycles. The topological polar surface area (TPSA) is 66.4 Å². The van der Waals surface area contributed by atoms with E-state index in [1.807, 2.05) is 62.6 Å². The highest BCUT2D eigenvalue weighted by Gasteiger charge is 2.07. The van der Waals surface area contributed by atoms with Crippen molar-refractivity contribution in [3.8, 4) is 0 Å². The molecule has 5 aromatic rings. The van der Waals surface area contributed by atoms with Crippen molar-refractivity contribution in [2.24, 2.45) is 34.5 Å². The van der Waals surface area contributed by atoms with E-state index >= 15 is 0 Å². The van der Waals surface area contributed by atoms with E-state index in [2.05, 4.69) is 88.9 Å². The van der Waals surface area contributed by atoms with Gasteiger partial charge in [0.05, 0.1) is 41.4 Å². The molecule has 0 atom stereocenters. The number of para-hydroxylation sites is 1. The molecule has 200 valence electrons. The molecule has 0 spiro atoms. The minimum absolute atomic E-state index is 0. The predicted octanol–water partition coefficient (Wildman–Crippen LogP) is 2.75. The molecule has 0 bridgehead atoms. The van der Waals surface area contributed by atoms with Gasteiger partial charge in [0.1, 0.15) is 18.9 Å². The molecule has 0 N–H and O–H groups in total. The van der Waals surface area contributed by atoms with E-state index in [-0.39, 0.29) is 17.0 Å². The fourth-order valence-corrected chi connectivity index (χ4v) is 5.11. The van der Waals surface area contributed by atoms with Crippen molar-refractivity contribution >= 4 is 44.8 Å². The molecule has 0 amide bonds. The van der Waals surface area contributed by atoms with Gasteiger partial charge < -0.3 is 26.4 Å². The first-order valence-electron chi connectivity index (χ1n) is 12.6. The molecule has 0 saturated heterocycles. The lowest BCUT2D eigenvalue weighted by Crippen LogP contribution is -3.00. The van der Waals surface area contributed by atoms with Gasteiger partial charge in [-0.05, 0) is 61.0 Å². The number of thiazole rings is 1. The minimum atomic E-state index is 0. The number of likely N-dealkylation sites (N-methyl/N-ethyl adjacent to an activating group) is 1. The van der Waals surface area contributed by atoms with Crippen LogP contribution < -0.4 is 31.2 Å². The summed E-state index contributed by atoms with van der Waals surface area (Å²) in [6.45, 7) is 5.00. The van der Waals surface area contributed by atoms with E-state index in [0.717, 1.165) is 46.9 Å². The molecular weight excluding hydrogens is 572 g/mol. The van der Waals surface area contributed by atoms with Crippen LogP contribution in [-0.4, -0.2) is 28.4 Å². The number of aromatic nitrogens is 3. The van der Waals surface area contributed by atoms with Crippen molar-refractivity contribution in [2.45, 2.75) is 13.5 Å². The smallest absolute Gasteiger partial charge is 0.243 e. The fourth-order valence-electron chi connectivity index (χ4n) is 4.14. The number of anilines is 1. The van der Waals surface area contributed by atoms with Crippen LogP contribution in [0, 0.1) is 0 Å².